The molecule has 0 bridgehead atoms. The molecule has 1 N–H and O–H groups in total. The van der Waals surface area contributed by atoms with Crippen molar-refractivity contribution in [2.24, 2.45) is 0 Å². The second-order valence-corrected chi connectivity index (χ2v) is 3.54. The Kier molecular flexibility index (Phi) is 4.31. The van der Waals surface area contributed by atoms with Gasteiger partial charge in [0.05, 0.1) is 0 Å². The van der Waals surface area contributed by atoms with Gasteiger partial charge in [0.2, 0.25) is 0 Å². The average molecular weight is 207 g/mol. The highest BCUT2D eigenvalue weighted by atomic mass is 16.3. The van der Waals surface area contributed by atoms with Gasteiger partial charge in [-0.05, 0) is 18.6 Å². The highest BCUT2D eigenvalue weighted by Crippen LogP contribution is 2.13. The number of amides is 1. The second-order valence-electron chi connectivity index (χ2n) is 3.54. The number of carbonyl (C=O) groups is 1. The maximum absolute atomic E-state index is 11.7. The van der Waals surface area contributed by atoms with Crippen molar-refractivity contribution in [1.29, 1.82) is 0 Å². The molecule has 0 radical (unpaired) electrons. The van der Waals surface area contributed by atoms with Crippen molar-refractivity contribution in [3.8, 4) is 0 Å². The fourth-order valence-corrected chi connectivity index (χ4v) is 1.40. The summed E-state index contributed by atoms with van der Waals surface area (Å²) in [7, 11) is 1.68. The van der Waals surface area contributed by atoms with E-state index in [0.29, 0.717) is 6.42 Å². The highest BCUT2D eigenvalue weighted by Gasteiger charge is 2.19. The summed E-state index contributed by atoms with van der Waals surface area (Å²) in [6, 6.07) is 9.31. The number of benzene rings is 1. The summed E-state index contributed by atoms with van der Waals surface area (Å²) < 4.78 is 0. The van der Waals surface area contributed by atoms with Gasteiger partial charge in [0, 0.05) is 12.7 Å². The molecule has 15 heavy (non-hydrogen) atoms. The normalized spacial score (nSPS) is 12.2. The maximum atomic E-state index is 11.7. The topological polar surface area (TPSA) is 40.5 Å². The largest absolute Gasteiger partial charge is 0.383 e. The molecule has 0 saturated heterocycles. The highest BCUT2D eigenvalue weighted by molar-refractivity contribution is 5.95. The number of hydrogen-bond donors (Lipinski definition) is 1. The van der Waals surface area contributed by atoms with E-state index in [-0.39, 0.29) is 5.91 Å². The standard InChI is InChI=1S/C12H17NO2/c1-3-7-11(14)12(15)13(2)10-8-5-4-6-9-10/h4-6,8-9,11,14H,3,7H2,1-2H3. The van der Waals surface area contributed by atoms with Crippen LogP contribution in [0.1, 0.15) is 19.8 Å². The number of carbonyl (C=O) groups excluding carboxylic acids is 1. The van der Waals surface area contributed by atoms with E-state index in [1.807, 2.05) is 37.3 Å². The summed E-state index contributed by atoms with van der Waals surface area (Å²) in [4.78, 5) is 13.2. The van der Waals surface area contributed by atoms with Crippen molar-refractivity contribution < 1.29 is 9.90 Å². The molecule has 0 aliphatic rings. The molecule has 82 valence electrons. The lowest BCUT2D eigenvalue weighted by molar-refractivity contribution is -0.126. The zero-order chi connectivity index (χ0) is 11.3. The summed E-state index contributed by atoms with van der Waals surface area (Å²) in [5, 5.41) is 9.56. The molecule has 0 saturated carbocycles. The van der Waals surface area contributed by atoms with Gasteiger partial charge < -0.3 is 10.0 Å². The maximum Gasteiger partial charge on any atom is 0.255 e. The number of aliphatic hydroxyl groups excluding tert-OH is 1. The van der Waals surface area contributed by atoms with E-state index in [1.165, 1.54) is 4.90 Å². The molecule has 1 amide bonds. The summed E-state index contributed by atoms with van der Waals surface area (Å²) in [6.07, 6.45) is 0.422. The quantitative estimate of drug-likeness (QED) is 0.818. The van der Waals surface area contributed by atoms with Crippen LogP contribution in [0.3, 0.4) is 0 Å². The Bertz CT molecular complexity index is 311. The van der Waals surface area contributed by atoms with Crippen LogP contribution in [0.15, 0.2) is 30.3 Å². The van der Waals surface area contributed by atoms with Crippen molar-refractivity contribution in [1.82, 2.24) is 0 Å². The zero-order valence-corrected chi connectivity index (χ0v) is 9.18. The predicted octanol–water partition coefficient (Wildman–Crippen LogP) is 1.81. The lowest BCUT2D eigenvalue weighted by Gasteiger charge is -2.20. The minimum Gasteiger partial charge on any atom is -0.383 e. The van der Waals surface area contributed by atoms with Crippen LogP contribution in [0.5, 0.6) is 0 Å². The van der Waals surface area contributed by atoms with Crippen LogP contribution < -0.4 is 4.90 Å². The molecule has 1 rings (SSSR count). The van der Waals surface area contributed by atoms with Gasteiger partial charge in [-0.1, -0.05) is 31.5 Å². The first kappa shape index (κ1) is 11.7. The van der Waals surface area contributed by atoms with Gasteiger partial charge >= 0.3 is 0 Å². The zero-order valence-electron chi connectivity index (χ0n) is 9.18. The number of aliphatic hydroxyl groups is 1. The van der Waals surface area contributed by atoms with Crippen LogP contribution in [0.2, 0.25) is 0 Å². The third kappa shape index (κ3) is 3.06. The van der Waals surface area contributed by atoms with E-state index in [0.717, 1.165) is 12.1 Å². The molecule has 0 spiro atoms. The number of hydrogen-bond acceptors (Lipinski definition) is 2. The Morgan fingerprint density at radius 3 is 2.53 bits per heavy atom. The molecule has 1 aromatic rings. The Labute approximate surface area is 90.3 Å². The van der Waals surface area contributed by atoms with Crippen molar-refractivity contribution in [3.63, 3.8) is 0 Å². The van der Waals surface area contributed by atoms with Gasteiger partial charge in [-0.25, -0.2) is 0 Å². The second kappa shape index (κ2) is 5.51. The SMILES string of the molecule is CCCC(O)C(=O)N(C)c1ccccc1. The first-order valence-corrected chi connectivity index (χ1v) is 5.17. The Morgan fingerprint density at radius 1 is 1.40 bits per heavy atom. The molecule has 0 aliphatic carbocycles. The summed E-state index contributed by atoms with van der Waals surface area (Å²) >= 11 is 0. The minimum atomic E-state index is -0.889. The van der Waals surface area contributed by atoms with E-state index >= 15 is 0 Å². The third-order valence-electron chi connectivity index (χ3n) is 2.32. The molecule has 1 aromatic carbocycles. The molecule has 1 atom stereocenters. The van der Waals surface area contributed by atoms with E-state index in [1.54, 1.807) is 7.05 Å². The minimum absolute atomic E-state index is 0.247. The number of nitrogens with zero attached hydrogens (tertiary/aromatic N) is 1. The molecule has 0 aromatic heterocycles. The van der Waals surface area contributed by atoms with E-state index in [4.69, 9.17) is 0 Å². The summed E-state index contributed by atoms with van der Waals surface area (Å²) in [5.74, 6) is -0.247. The molecular weight excluding hydrogens is 190 g/mol. The molecule has 0 aliphatic heterocycles. The smallest absolute Gasteiger partial charge is 0.255 e. The molecule has 3 nitrogen and oxygen atoms in total. The number of anilines is 1. The van der Waals surface area contributed by atoms with Gasteiger partial charge in [-0.2, -0.15) is 0 Å². The number of likely N-dealkylation sites (N-methyl/N-ethyl adjacent to an activating group) is 1. The molecule has 0 fully saturated rings. The van der Waals surface area contributed by atoms with Crippen LogP contribution in [0.4, 0.5) is 5.69 Å². The van der Waals surface area contributed by atoms with Gasteiger partial charge in [0.1, 0.15) is 6.10 Å². The monoisotopic (exact) mass is 207 g/mol. The first-order valence-electron chi connectivity index (χ1n) is 5.17. The summed E-state index contributed by atoms with van der Waals surface area (Å²) in [5.41, 5.74) is 0.803. The molecule has 1 unspecified atom stereocenters. The van der Waals surface area contributed by atoms with Gasteiger partial charge in [-0.3, -0.25) is 4.79 Å². The van der Waals surface area contributed by atoms with Crippen molar-refractivity contribution in [3.05, 3.63) is 30.3 Å². The predicted molar refractivity (Wildman–Crippen MR) is 60.8 cm³/mol. The molecular formula is C12H17NO2. The van der Waals surface area contributed by atoms with Crippen LogP contribution in [-0.4, -0.2) is 24.2 Å². The van der Waals surface area contributed by atoms with Gasteiger partial charge in [0.25, 0.3) is 5.91 Å². The Morgan fingerprint density at radius 2 is 2.00 bits per heavy atom. The van der Waals surface area contributed by atoms with Gasteiger partial charge in [-0.15, -0.1) is 0 Å². The Balaban J connectivity index is 2.69. The van der Waals surface area contributed by atoms with Gasteiger partial charge in [0.15, 0.2) is 0 Å². The molecule has 0 heterocycles. The van der Waals surface area contributed by atoms with E-state index in [2.05, 4.69) is 0 Å². The lowest BCUT2D eigenvalue weighted by Crippen LogP contribution is -2.36. The van der Waals surface area contributed by atoms with Crippen molar-refractivity contribution in [2.75, 3.05) is 11.9 Å². The van der Waals surface area contributed by atoms with Crippen molar-refractivity contribution in [2.45, 2.75) is 25.9 Å². The first-order chi connectivity index (χ1) is 7.16. The number of para-hydroxylation sites is 1. The van der Waals surface area contributed by atoms with E-state index < -0.39 is 6.10 Å². The fourth-order valence-electron chi connectivity index (χ4n) is 1.40. The van der Waals surface area contributed by atoms with Crippen LogP contribution in [0.25, 0.3) is 0 Å². The fraction of sp³-hybridized carbons (Fsp3) is 0.417. The Hall–Kier alpha value is -1.35. The summed E-state index contributed by atoms with van der Waals surface area (Å²) in [6.45, 7) is 1.94. The van der Waals surface area contributed by atoms with Crippen LogP contribution in [-0.2, 0) is 4.79 Å². The van der Waals surface area contributed by atoms with E-state index in [9.17, 15) is 9.90 Å². The van der Waals surface area contributed by atoms with Crippen LogP contribution >= 0.6 is 0 Å². The number of rotatable bonds is 4. The van der Waals surface area contributed by atoms with Crippen molar-refractivity contribution >= 4 is 11.6 Å². The molecule has 3 heteroatoms. The van der Waals surface area contributed by atoms with Crippen LogP contribution in [0, 0.1) is 0 Å². The third-order valence-corrected chi connectivity index (χ3v) is 2.32. The lowest BCUT2D eigenvalue weighted by atomic mass is 10.2. The average Bonchev–Trinajstić information content (AvgIpc) is 2.28.